The highest BCUT2D eigenvalue weighted by Crippen LogP contribution is 2.45. The maximum atomic E-state index is 14.3. The van der Waals surface area contributed by atoms with Crippen LogP contribution in [0.25, 0.3) is 0 Å². The lowest BCUT2D eigenvalue weighted by atomic mass is 9.79. The van der Waals surface area contributed by atoms with Crippen LogP contribution in [0.2, 0.25) is 0 Å². The number of hydrogen-bond donors (Lipinski definition) is 1. The molecule has 2 saturated carbocycles. The summed E-state index contributed by atoms with van der Waals surface area (Å²) in [6, 6.07) is 8.78. The van der Waals surface area contributed by atoms with Gasteiger partial charge >= 0.3 is 5.97 Å². The van der Waals surface area contributed by atoms with Gasteiger partial charge < -0.3 is 14.6 Å². The Bertz CT molecular complexity index is 913. The van der Waals surface area contributed by atoms with Gasteiger partial charge in [-0.3, -0.25) is 4.79 Å². The number of carboxylic acid groups (broad SMARTS) is 1. The van der Waals surface area contributed by atoms with Crippen molar-refractivity contribution in [2.45, 2.75) is 56.8 Å². The molecule has 1 atom stereocenters. The van der Waals surface area contributed by atoms with E-state index in [1.54, 1.807) is 19.4 Å². The van der Waals surface area contributed by atoms with E-state index in [1.165, 1.54) is 6.07 Å². The van der Waals surface area contributed by atoms with E-state index in [0.717, 1.165) is 49.7 Å². The molecule has 0 unspecified atom stereocenters. The van der Waals surface area contributed by atoms with E-state index in [-0.39, 0.29) is 37.6 Å². The maximum absolute atomic E-state index is 14.3. The Morgan fingerprint density at radius 3 is 2.56 bits per heavy atom. The number of pyridine rings is 1. The molecule has 1 aromatic heterocycles. The molecule has 1 N–H and O–H groups in total. The third-order valence-electron chi connectivity index (χ3n) is 6.73. The summed E-state index contributed by atoms with van der Waals surface area (Å²) in [5, 5.41) is 9.24. The number of methoxy groups -OCH3 is 1. The fraction of sp³-hybridized carbons (Fsp3) is 0.520. The first-order chi connectivity index (χ1) is 15.0. The minimum atomic E-state index is -0.764. The first-order valence-electron chi connectivity index (χ1n) is 11.2. The molecule has 0 saturated heterocycles. The lowest BCUT2D eigenvalue weighted by Crippen LogP contribution is -2.20. The molecule has 2 aliphatic rings. The average Bonchev–Trinajstić information content (AvgIpc) is 3.62. The second-order valence-electron chi connectivity index (χ2n) is 8.89. The monoisotopic (exact) mass is 461 g/mol. The average molecular weight is 462 g/mol. The third kappa shape index (κ3) is 6.15. The summed E-state index contributed by atoms with van der Waals surface area (Å²) in [5.74, 6) is 1.45. The van der Waals surface area contributed by atoms with Crippen molar-refractivity contribution in [3.63, 3.8) is 0 Å². The number of aromatic nitrogens is 1. The number of rotatable bonds is 9. The van der Waals surface area contributed by atoms with E-state index < -0.39 is 5.97 Å². The molecule has 2 fully saturated rings. The Kier molecular flexibility index (Phi) is 8.40. The van der Waals surface area contributed by atoms with Crippen LogP contribution in [-0.4, -0.2) is 29.8 Å². The van der Waals surface area contributed by atoms with Gasteiger partial charge in [0.05, 0.1) is 20.1 Å². The smallest absolute Gasteiger partial charge is 0.303 e. The van der Waals surface area contributed by atoms with Gasteiger partial charge in [0.2, 0.25) is 5.88 Å². The molecule has 0 bridgehead atoms. The van der Waals surface area contributed by atoms with Gasteiger partial charge in [-0.2, -0.15) is 13.5 Å². The number of ether oxygens (including phenoxy) is 2. The van der Waals surface area contributed by atoms with Crippen molar-refractivity contribution in [3.8, 4) is 11.6 Å². The minimum absolute atomic E-state index is 0. The number of aliphatic carboxylic acids is 1. The summed E-state index contributed by atoms with van der Waals surface area (Å²) in [6.45, 7) is 0.580. The van der Waals surface area contributed by atoms with Crippen molar-refractivity contribution >= 4 is 19.5 Å². The zero-order valence-corrected chi connectivity index (χ0v) is 19.4. The zero-order chi connectivity index (χ0) is 21.8. The van der Waals surface area contributed by atoms with E-state index in [4.69, 9.17) is 9.47 Å². The summed E-state index contributed by atoms with van der Waals surface area (Å²) < 4.78 is 25.5. The van der Waals surface area contributed by atoms with Gasteiger partial charge in [-0.25, -0.2) is 9.37 Å². The standard InChI is InChI=1S/C25H30FNO4.H2S/c1-30-20-8-9-23(26)22(13-20)18-4-2-16(3-5-18)15-31-24-12-19(10-11-27-24)21(14-25(28)29)17-6-7-17;/h8-13,16-18,21H,2-7,14-15H2,1H3,(H,28,29);1H2/t16?,18?,21-;/m0./s1. The van der Waals surface area contributed by atoms with Gasteiger partial charge in [-0.15, -0.1) is 0 Å². The molecule has 32 heavy (non-hydrogen) atoms. The number of hydrogen-bond acceptors (Lipinski definition) is 4. The van der Waals surface area contributed by atoms with Crippen molar-refractivity contribution in [1.82, 2.24) is 4.98 Å². The second-order valence-corrected chi connectivity index (χ2v) is 8.89. The Morgan fingerprint density at radius 2 is 1.91 bits per heavy atom. The van der Waals surface area contributed by atoms with Crippen LogP contribution in [0.15, 0.2) is 36.5 Å². The molecule has 5 nitrogen and oxygen atoms in total. The van der Waals surface area contributed by atoms with E-state index in [1.807, 2.05) is 18.2 Å². The summed E-state index contributed by atoms with van der Waals surface area (Å²) in [4.78, 5) is 15.6. The van der Waals surface area contributed by atoms with E-state index in [0.29, 0.717) is 30.1 Å². The number of benzene rings is 1. The first kappa shape index (κ1) is 24.4. The van der Waals surface area contributed by atoms with Gasteiger partial charge in [-0.1, -0.05) is 0 Å². The lowest BCUT2D eigenvalue weighted by molar-refractivity contribution is -0.137. The molecule has 0 amide bonds. The van der Waals surface area contributed by atoms with E-state index >= 15 is 0 Å². The third-order valence-corrected chi connectivity index (χ3v) is 6.73. The maximum Gasteiger partial charge on any atom is 0.303 e. The second kappa shape index (κ2) is 11.0. The van der Waals surface area contributed by atoms with Crippen molar-refractivity contribution in [2.75, 3.05) is 13.7 Å². The van der Waals surface area contributed by atoms with Gasteiger partial charge in [0, 0.05) is 12.3 Å². The van der Waals surface area contributed by atoms with E-state index in [9.17, 15) is 14.3 Å². The quantitative estimate of drug-likeness (QED) is 0.522. The highest BCUT2D eigenvalue weighted by Gasteiger charge is 2.34. The molecule has 1 heterocycles. The first-order valence-corrected chi connectivity index (χ1v) is 11.2. The Morgan fingerprint density at radius 1 is 1.16 bits per heavy atom. The molecular weight excluding hydrogens is 429 g/mol. The predicted molar refractivity (Wildman–Crippen MR) is 125 cm³/mol. The fourth-order valence-electron chi connectivity index (χ4n) is 4.78. The van der Waals surface area contributed by atoms with Gasteiger partial charge in [0.15, 0.2) is 0 Å². The van der Waals surface area contributed by atoms with Gasteiger partial charge in [-0.05, 0) is 97.6 Å². The largest absolute Gasteiger partial charge is 0.497 e. The zero-order valence-electron chi connectivity index (χ0n) is 18.4. The molecule has 2 aliphatic carbocycles. The minimum Gasteiger partial charge on any atom is -0.497 e. The highest BCUT2D eigenvalue weighted by atomic mass is 32.1. The molecule has 0 radical (unpaired) electrons. The molecule has 4 rings (SSSR count). The molecule has 7 heteroatoms. The van der Waals surface area contributed by atoms with Crippen LogP contribution in [0.5, 0.6) is 11.6 Å². The molecule has 2 aromatic rings. The van der Waals surface area contributed by atoms with Crippen LogP contribution in [0.4, 0.5) is 4.39 Å². The van der Waals surface area contributed by atoms with Crippen LogP contribution >= 0.6 is 13.5 Å². The number of carboxylic acids is 1. The van der Waals surface area contributed by atoms with Crippen LogP contribution < -0.4 is 9.47 Å². The Labute approximate surface area is 195 Å². The van der Waals surface area contributed by atoms with Crippen LogP contribution in [0.1, 0.15) is 67.9 Å². The highest BCUT2D eigenvalue weighted by molar-refractivity contribution is 7.59. The van der Waals surface area contributed by atoms with Crippen molar-refractivity contribution in [3.05, 3.63) is 53.5 Å². The van der Waals surface area contributed by atoms with Crippen molar-refractivity contribution in [1.29, 1.82) is 0 Å². The molecular formula is C25H32FNO4S. The number of halogens is 1. The molecule has 0 aliphatic heterocycles. The normalized spacial score (nSPS) is 21.3. The summed E-state index contributed by atoms with van der Waals surface area (Å²) in [7, 11) is 1.60. The van der Waals surface area contributed by atoms with E-state index in [2.05, 4.69) is 4.98 Å². The predicted octanol–water partition coefficient (Wildman–Crippen LogP) is 5.66. The molecule has 0 spiro atoms. The van der Waals surface area contributed by atoms with Crippen LogP contribution in [0, 0.1) is 17.7 Å². The van der Waals surface area contributed by atoms with Crippen LogP contribution in [0.3, 0.4) is 0 Å². The van der Waals surface area contributed by atoms with Crippen molar-refractivity contribution < 1.29 is 23.8 Å². The number of nitrogens with zero attached hydrogens (tertiary/aromatic N) is 1. The topological polar surface area (TPSA) is 68.7 Å². The van der Waals surface area contributed by atoms with Crippen LogP contribution in [-0.2, 0) is 4.79 Å². The fourth-order valence-corrected chi connectivity index (χ4v) is 4.78. The summed E-state index contributed by atoms with van der Waals surface area (Å²) >= 11 is 0. The van der Waals surface area contributed by atoms with Gasteiger partial charge in [0.25, 0.3) is 0 Å². The lowest BCUT2D eigenvalue weighted by Gasteiger charge is -2.29. The molecule has 174 valence electrons. The SMILES string of the molecule is COc1ccc(F)c(C2CCC(COc3cc([C@@H](CC(=O)O)C4CC4)ccn3)CC2)c1.S. The van der Waals surface area contributed by atoms with Gasteiger partial charge in [0.1, 0.15) is 11.6 Å². The molecule has 1 aromatic carbocycles. The Balaban J connectivity index is 0.00000289. The Hall–Kier alpha value is -2.28. The summed E-state index contributed by atoms with van der Waals surface area (Å²) in [5.41, 5.74) is 1.75. The summed E-state index contributed by atoms with van der Waals surface area (Å²) in [6.07, 6.45) is 7.85. The number of carbonyl (C=O) groups is 1. The van der Waals surface area contributed by atoms with Crippen molar-refractivity contribution in [2.24, 2.45) is 11.8 Å².